The second kappa shape index (κ2) is 9.45. The smallest absolute Gasteiger partial charge is 0.362 e. The number of rotatable bonds is 7. The highest BCUT2D eigenvalue weighted by Gasteiger charge is 2.66. The Labute approximate surface area is 191 Å². The maximum Gasteiger partial charge on any atom is 0.362 e. The molecule has 32 heavy (non-hydrogen) atoms. The normalized spacial score (nSPS) is 18.9. The zero-order chi connectivity index (χ0) is 22.6. The van der Waals surface area contributed by atoms with Gasteiger partial charge >= 0.3 is 5.97 Å². The molecule has 1 saturated carbocycles. The lowest BCUT2D eigenvalue weighted by molar-refractivity contribution is -0.945. The summed E-state index contributed by atoms with van der Waals surface area (Å²) in [5.74, 6) is -0.144. The predicted molar refractivity (Wildman–Crippen MR) is 126 cm³/mol. The van der Waals surface area contributed by atoms with Gasteiger partial charge in [0.25, 0.3) is 5.91 Å². The van der Waals surface area contributed by atoms with Gasteiger partial charge in [0.15, 0.2) is 12.1 Å². The molecule has 1 saturated heterocycles. The molecule has 1 heterocycles. The Morgan fingerprint density at radius 1 is 0.906 bits per heavy atom. The van der Waals surface area contributed by atoms with Crippen molar-refractivity contribution >= 4 is 17.6 Å². The molecule has 2 aliphatic rings. The van der Waals surface area contributed by atoms with Crippen LogP contribution < -0.4 is 5.32 Å². The van der Waals surface area contributed by atoms with Gasteiger partial charge in [-0.25, -0.2) is 4.79 Å². The fraction of sp³-hybridized carbons (Fsp3) is 0.481. The fourth-order valence-electron chi connectivity index (χ4n) is 5.34. The molecule has 2 fully saturated rings. The van der Waals surface area contributed by atoms with Gasteiger partial charge in [0, 0.05) is 18.5 Å². The summed E-state index contributed by atoms with van der Waals surface area (Å²) in [4.78, 5) is 26.7. The van der Waals surface area contributed by atoms with Crippen LogP contribution in [0.15, 0.2) is 48.5 Å². The maximum atomic E-state index is 13.7. The zero-order valence-electron chi connectivity index (χ0n) is 19.4. The Morgan fingerprint density at radius 2 is 1.53 bits per heavy atom. The Morgan fingerprint density at radius 3 is 2.12 bits per heavy atom. The number of anilines is 1. The van der Waals surface area contributed by atoms with Crippen molar-refractivity contribution in [2.75, 3.05) is 25.0 Å². The van der Waals surface area contributed by atoms with Crippen LogP contribution in [0.4, 0.5) is 5.69 Å². The van der Waals surface area contributed by atoms with Gasteiger partial charge in [-0.1, -0.05) is 48.5 Å². The Bertz CT molecular complexity index is 938. The number of nitrogens with zero attached hydrogens (tertiary/aromatic N) is 1. The summed E-state index contributed by atoms with van der Waals surface area (Å²) in [5.41, 5.74) is 3.50. The van der Waals surface area contributed by atoms with Gasteiger partial charge in [-0.05, 0) is 56.2 Å². The lowest BCUT2D eigenvalue weighted by Crippen LogP contribution is -2.64. The minimum Gasteiger partial charge on any atom is -0.457 e. The van der Waals surface area contributed by atoms with Crippen LogP contribution in [-0.2, 0) is 20.9 Å². The molecule has 4 rings (SSSR count). The number of amides is 1. The first-order valence-corrected chi connectivity index (χ1v) is 11.9. The first-order chi connectivity index (χ1) is 15.5. The van der Waals surface area contributed by atoms with Gasteiger partial charge in [0.1, 0.15) is 6.61 Å². The van der Waals surface area contributed by atoms with Crippen molar-refractivity contribution in [3.8, 4) is 0 Å². The summed E-state index contributed by atoms with van der Waals surface area (Å²) in [7, 11) is 0. The average Bonchev–Trinajstić information content (AvgIpc) is 3.62. The Balaban J connectivity index is 1.53. The molecule has 1 N–H and O–H groups in total. The number of para-hydroxylation sites is 1. The van der Waals surface area contributed by atoms with E-state index in [1.54, 1.807) is 0 Å². The number of nitrogens with one attached hydrogen (secondary N) is 1. The molecule has 1 aliphatic heterocycles. The molecule has 0 atom stereocenters. The average molecular weight is 436 g/mol. The molecular weight excluding hydrogens is 400 g/mol. The number of hydrogen-bond donors (Lipinski definition) is 1. The third kappa shape index (κ3) is 4.58. The highest BCUT2D eigenvalue weighted by atomic mass is 16.5. The van der Waals surface area contributed by atoms with Gasteiger partial charge < -0.3 is 14.5 Å². The molecule has 5 heteroatoms. The number of benzene rings is 2. The molecular formula is C27H35N2O3+. The standard InChI is InChI=1S/C27H34N2O3/c1-21-11-10-12-22(2)25(21)28-26(31)27(15-16-27)29(17-8-3-4-9-18-29)19-24(30)32-20-23-13-6-5-7-14-23/h5-7,10-14H,3-4,8-9,15-20H2,1-2H3/p+1. The summed E-state index contributed by atoms with van der Waals surface area (Å²) in [6, 6.07) is 15.8. The van der Waals surface area contributed by atoms with Gasteiger partial charge in [0.05, 0.1) is 13.1 Å². The molecule has 170 valence electrons. The first kappa shape index (κ1) is 22.5. The second-order valence-electron chi connectivity index (χ2n) is 9.56. The van der Waals surface area contributed by atoms with Crippen LogP contribution >= 0.6 is 0 Å². The van der Waals surface area contributed by atoms with E-state index < -0.39 is 5.54 Å². The first-order valence-electron chi connectivity index (χ1n) is 11.9. The van der Waals surface area contributed by atoms with Gasteiger partial charge in [0.2, 0.25) is 0 Å². The largest absolute Gasteiger partial charge is 0.457 e. The van der Waals surface area contributed by atoms with Gasteiger partial charge in [-0.2, -0.15) is 0 Å². The molecule has 0 aromatic heterocycles. The highest BCUT2D eigenvalue weighted by Crippen LogP contribution is 2.49. The molecule has 2 aromatic carbocycles. The SMILES string of the molecule is Cc1cccc(C)c1NC(=O)C1([N+]2(CC(=O)OCc3ccccc3)CCCCCC2)CC1. The van der Waals surface area contributed by atoms with E-state index in [1.165, 1.54) is 0 Å². The minimum atomic E-state index is -0.523. The third-order valence-electron chi connectivity index (χ3n) is 7.37. The van der Waals surface area contributed by atoms with Crippen molar-refractivity contribution in [1.29, 1.82) is 0 Å². The number of carbonyl (C=O) groups is 2. The second-order valence-corrected chi connectivity index (χ2v) is 9.56. The number of esters is 1. The molecule has 1 amide bonds. The summed E-state index contributed by atoms with van der Waals surface area (Å²) in [5, 5.41) is 3.25. The summed E-state index contributed by atoms with van der Waals surface area (Å²) in [6.07, 6.45) is 6.07. The van der Waals surface area contributed by atoms with E-state index in [-0.39, 0.29) is 25.0 Å². The van der Waals surface area contributed by atoms with Crippen molar-refractivity contribution in [2.24, 2.45) is 0 Å². The minimum absolute atomic E-state index is 0.0626. The van der Waals surface area contributed by atoms with Crippen LogP contribution in [0.25, 0.3) is 0 Å². The molecule has 5 nitrogen and oxygen atoms in total. The quantitative estimate of drug-likeness (QED) is 0.497. The van der Waals surface area contributed by atoms with Crippen molar-refractivity contribution in [3.05, 3.63) is 65.2 Å². The van der Waals surface area contributed by atoms with E-state index in [0.717, 1.165) is 74.0 Å². The predicted octanol–water partition coefficient (Wildman–Crippen LogP) is 4.91. The Hall–Kier alpha value is -2.66. The van der Waals surface area contributed by atoms with E-state index in [0.29, 0.717) is 4.48 Å². The molecule has 0 unspecified atom stereocenters. The number of hydrogen-bond acceptors (Lipinski definition) is 3. The monoisotopic (exact) mass is 435 g/mol. The lowest BCUT2D eigenvalue weighted by Gasteiger charge is -2.43. The van der Waals surface area contributed by atoms with Crippen LogP contribution in [0.3, 0.4) is 0 Å². The summed E-state index contributed by atoms with van der Waals surface area (Å²) < 4.78 is 6.21. The molecule has 0 spiro atoms. The van der Waals surface area contributed by atoms with Crippen molar-refractivity contribution < 1.29 is 18.8 Å². The molecule has 2 aromatic rings. The van der Waals surface area contributed by atoms with E-state index in [9.17, 15) is 9.59 Å². The van der Waals surface area contributed by atoms with E-state index in [1.807, 2.05) is 62.4 Å². The topological polar surface area (TPSA) is 55.4 Å². The molecule has 0 bridgehead atoms. The van der Waals surface area contributed by atoms with Crippen LogP contribution in [0.2, 0.25) is 0 Å². The number of carbonyl (C=O) groups excluding carboxylic acids is 2. The maximum absolute atomic E-state index is 13.7. The van der Waals surface area contributed by atoms with E-state index in [4.69, 9.17) is 4.74 Å². The highest BCUT2D eigenvalue weighted by molar-refractivity contribution is 6.00. The van der Waals surface area contributed by atoms with Gasteiger partial charge in [-0.15, -0.1) is 0 Å². The van der Waals surface area contributed by atoms with E-state index >= 15 is 0 Å². The number of likely N-dealkylation sites (tertiary alicyclic amines) is 1. The number of ether oxygens (including phenoxy) is 1. The van der Waals surface area contributed by atoms with Crippen molar-refractivity contribution in [1.82, 2.24) is 0 Å². The van der Waals surface area contributed by atoms with Crippen LogP contribution in [0.5, 0.6) is 0 Å². The van der Waals surface area contributed by atoms with Crippen LogP contribution in [-0.4, -0.2) is 41.5 Å². The van der Waals surface area contributed by atoms with Crippen LogP contribution in [0.1, 0.15) is 55.2 Å². The van der Waals surface area contributed by atoms with Crippen LogP contribution in [0, 0.1) is 13.8 Å². The van der Waals surface area contributed by atoms with Crippen molar-refractivity contribution in [2.45, 2.75) is 64.5 Å². The van der Waals surface area contributed by atoms with E-state index in [2.05, 4.69) is 5.32 Å². The third-order valence-corrected chi connectivity index (χ3v) is 7.37. The zero-order valence-corrected chi connectivity index (χ0v) is 19.4. The summed E-state index contributed by atoms with van der Waals surface area (Å²) in [6.45, 7) is 6.33. The summed E-state index contributed by atoms with van der Waals surface area (Å²) >= 11 is 0. The number of aryl methyl sites for hydroxylation is 2. The number of quaternary nitrogens is 1. The lowest BCUT2D eigenvalue weighted by atomic mass is 10.0. The Kier molecular flexibility index (Phi) is 6.66. The van der Waals surface area contributed by atoms with Crippen molar-refractivity contribution in [3.63, 3.8) is 0 Å². The molecule has 0 radical (unpaired) electrons. The fourth-order valence-corrected chi connectivity index (χ4v) is 5.34. The molecule has 1 aliphatic carbocycles. The van der Waals surface area contributed by atoms with Gasteiger partial charge in [-0.3, -0.25) is 4.79 Å².